The van der Waals surface area contributed by atoms with Crippen molar-refractivity contribution in [3.05, 3.63) is 70.7 Å². The van der Waals surface area contributed by atoms with Gasteiger partial charge in [0, 0.05) is 31.3 Å². The highest BCUT2D eigenvalue weighted by molar-refractivity contribution is 7.26. The summed E-state index contributed by atoms with van der Waals surface area (Å²) in [5.41, 5.74) is 2.17. The van der Waals surface area contributed by atoms with Gasteiger partial charge in [-0.05, 0) is 24.3 Å². The van der Waals surface area contributed by atoms with Crippen LogP contribution in [0, 0.1) is 6.08 Å². The maximum absolute atomic E-state index is 6.42. The Morgan fingerprint density at radius 1 is 1.04 bits per heavy atom. The van der Waals surface area contributed by atoms with Crippen molar-refractivity contribution in [3.63, 3.8) is 0 Å². The molecule has 0 saturated heterocycles. The first-order valence-corrected chi connectivity index (χ1v) is 9.18. The number of hydrogen-bond donors (Lipinski definition) is 0. The van der Waals surface area contributed by atoms with Crippen LogP contribution in [-0.4, -0.2) is 4.98 Å². The summed E-state index contributed by atoms with van der Waals surface area (Å²) in [5, 5.41) is 4.19. The number of thiazole rings is 1. The number of hydrogen-bond acceptors (Lipinski definition) is 3. The summed E-state index contributed by atoms with van der Waals surface area (Å²) >= 11 is 9.93. The predicted octanol–water partition coefficient (Wildman–Crippen LogP) is 6.63. The Kier molecular flexibility index (Phi) is 2.91. The summed E-state index contributed by atoms with van der Waals surface area (Å²) < 4.78 is 3.70. The fourth-order valence-corrected chi connectivity index (χ4v) is 5.41. The molecule has 0 unspecified atom stereocenters. The molecule has 1 aliphatic carbocycles. The minimum Gasteiger partial charge on any atom is -0.233 e. The molecule has 0 bridgehead atoms. The van der Waals surface area contributed by atoms with Crippen molar-refractivity contribution in [1.29, 1.82) is 0 Å². The second-order valence-electron chi connectivity index (χ2n) is 5.34. The zero-order valence-electron chi connectivity index (χ0n) is 11.8. The first kappa shape index (κ1) is 13.4. The van der Waals surface area contributed by atoms with E-state index in [0.717, 1.165) is 26.5 Å². The van der Waals surface area contributed by atoms with Crippen LogP contribution >= 0.6 is 34.3 Å². The number of halogens is 1. The van der Waals surface area contributed by atoms with E-state index in [1.807, 2.05) is 36.4 Å². The molecule has 4 aromatic rings. The number of benzene rings is 2. The van der Waals surface area contributed by atoms with Crippen LogP contribution < -0.4 is 0 Å². The Morgan fingerprint density at radius 3 is 2.87 bits per heavy atom. The first-order chi connectivity index (χ1) is 11.3. The molecule has 4 heteroatoms. The van der Waals surface area contributed by atoms with Gasteiger partial charge < -0.3 is 0 Å². The lowest BCUT2D eigenvalue weighted by Gasteiger charge is -1.94. The highest BCUT2D eigenvalue weighted by Crippen LogP contribution is 2.41. The smallest absolute Gasteiger partial charge is 0.151 e. The zero-order valence-corrected chi connectivity index (χ0v) is 14.2. The number of aromatic nitrogens is 1. The second kappa shape index (κ2) is 4.98. The van der Waals surface area contributed by atoms with Crippen LogP contribution in [0.25, 0.3) is 36.0 Å². The largest absolute Gasteiger partial charge is 0.233 e. The highest BCUT2D eigenvalue weighted by atomic mass is 35.5. The Bertz CT molecular complexity index is 1170. The van der Waals surface area contributed by atoms with Gasteiger partial charge in [-0.15, -0.1) is 22.7 Å². The molecule has 2 aromatic heterocycles. The van der Waals surface area contributed by atoms with E-state index < -0.39 is 0 Å². The second-order valence-corrected chi connectivity index (χ2v) is 7.86. The van der Waals surface area contributed by atoms with Gasteiger partial charge in [0.25, 0.3) is 0 Å². The lowest BCUT2D eigenvalue weighted by atomic mass is 10.1. The van der Waals surface area contributed by atoms with Crippen LogP contribution in [-0.2, 0) is 0 Å². The van der Waals surface area contributed by atoms with Gasteiger partial charge >= 0.3 is 0 Å². The SMILES string of the molecule is Clc1cccc2sc3cc4sc(C5=CC=[C+]C=C5)nc4cc3c12. The van der Waals surface area contributed by atoms with Crippen LogP contribution in [0.1, 0.15) is 5.01 Å². The summed E-state index contributed by atoms with van der Waals surface area (Å²) in [7, 11) is 0. The van der Waals surface area contributed by atoms with Crippen molar-refractivity contribution in [3.8, 4) is 0 Å². The molecule has 2 heterocycles. The van der Waals surface area contributed by atoms with Gasteiger partial charge in [0.15, 0.2) is 5.01 Å². The molecule has 0 atom stereocenters. The molecular formula is C19H9ClNS2+. The van der Waals surface area contributed by atoms with Gasteiger partial charge in [0.1, 0.15) is 17.7 Å². The molecule has 23 heavy (non-hydrogen) atoms. The molecule has 0 radical (unpaired) electrons. The zero-order chi connectivity index (χ0) is 15.4. The lowest BCUT2D eigenvalue weighted by molar-refractivity contribution is 1.44. The van der Waals surface area contributed by atoms with Gasteiger partial charge in [-0.3, -0.25) is 0 Å². The number of fused-ring (bicyclic) bond motifs is 4. The van der Waals surface area contributed by atoms with Crippen LogP contribution in [0.4, 0.5) is 0 Å². The standard InChI is InChI=1S/C19H9ClNS2/c20-13-7-4-8-15-18(13)12-9-14-17(10-16(12)22-15)23-19(21-14)11-5-2-1-3-6-11/h2-10H/q+1. The molecule has 108 valence electrons. The minimum absolute atomic E-state index is 0.808. The van der Waals surface area contributed by atoms with E-state index in [-0.39, 0.29) is 0 Å². The molecule has 0 saturated carbocycles. The number of thiophene rings is 1. The lowest BCUT2D eigenvalue weighted by Crippen LogP contribution is -1.80. The third-order valence-electron chi connectivity index (χ3n) is 3.92. The molecule has 0 amide bonds. The van der Waals surface area contributed by atoms with Crippen LogP contribution in [0.15, 0.2) is 54.6 Å². The maximum Gasteiger partial charge on any atom is 0.151 e. The third-order valence-corrected chi connectivity index (χ3v) is 6.42. The maximum atomic E-state index is 6.42. The van der Waals surface area contributed by atoms with E-state index in [1.54, 1.807) is 22.7 Å². The van der Waals surface area contributed by atoms with Crippen molar-refractivity contribution in [1.82, 2.24) is 4.98 Å². The van der Waals surface area contributed by atoms with Crippen molar-refractivity contribution in [2.75, 3.05) is 0 Å². The van der Waals surface area contributed by atoms with Crippen molar-refractivity contribution in [2.24, 2.45) is 0 Å². The minimum atomic E-state index is 0.808. The average Bonchev–Trinajstić information content (AvgIpc) is 3.14. The van der Waals surface area contributed by atoms with E-state index >= 15 is 0 Å². The molecule has 0 N–H and O–H groups in total. The van der Waals surface area contributed by atoms with E-state index in [0.29, 0.717) is 0 Å². The molecule has 0 spiro atoms. The number of nitrogens with zero attached hydrogens (tertiary/aromatic N) is 1. The normalized spacial score (nSPS) is 13.9. The van der Waals surface area contributed by atoms with Gasteiger partial charge in [-0.1, -0.05) is 17.7 Å². The highest BCUT2D eigenvalue weighted by Gasteiger charge is 2.15. The molecule has 1 aliphatic rings. The number of rotatable bonds is 1. The van der Waals surface area contributed by atoms with E-state index in [2.05, 4.69) is 24.3 Å². The van der Waals surface area contributed by atoms with Crippen LogP contribution in [0.5, 0.6) is 0 Å². The van der Waals surface area contributed by atoms with Gasteiger partial charge in [-0.25, -0.2) is 4.98 Å². The quantitative estimate of drug-likeness (QED) is 0.351. The Labute approximate surface area is 145 Å². The van der Waals surface area contributed by atoms with Crippen molar-refractivity contribution < 1.29 is 0 Å². The molecular weight excluding hydrogens is 342 g/mol. The van der Waals surface area contributed by atoms with Crippen molar-refractivity contribution >= 4 is 70.2 Å². The van der Waals surface area contributed by atoms with Gasteiger partial charge in [-0.2, -0.15) is 0 Å². The fourth-order valence-electron chi connectivity index (χ4n) is 2.86. The summed E-state index contributed by atoms with van der Waals surface area (Å²) in [4.78, 5) is 4.82. The molecule has 0 fully saturated rings. The molecule has 2 aromatic carbocycles. The summed E-state index contributed by atoms with van der Waals surface area (Å²) in [5.74, 6) is 0. The Hall–Kier alpha value is -2.03. The van der Waals surface area contributed by atoms with Crippen LogP contribution in [0.3, 0.4) is 0 Å². The van der Waals surface area contributed by atoms with E-state index in [4.69, 9.17) is 16.6 Å². The summed E-state index contributed by atoms with van der Waals surface area (Å²) in [6.07, 6.45) is 11.0. The third kappa shape index (κ3) is 2.06. The Balaban J connectivity index is 1.81. The predicted molar refractivity (Wildman–Crippen MR) is 102 cm³/mol. The molecule has 1 nitrogen and oxygen atoms in total. The fraction of sp³-hybridized carbons (Fsp3) is 0. The van der Waals surface area contributed by atoms with Gasteiger partial charge in [0.2, 0.25) is 0 Å². The average molecular weight is 351 g/mol. The van der Waals surface area contributed by atoms with Gasteiger partial charge in [0.05, 0.1) is 22.4 Å². The van der Waals surface area contributed by atoms with E-state index in [1.165, 1.54) is 19.5 Å². The molecule has 5 rings (SSSR count). The van der Waals surface area contributed by atoms with E-state index in [9.17, 15) is 0 Å². The molecule has 0 aliphatic heterocycles. The van der Waals surface area contributed by atoms with Crippen molar-refractivity contribution in [2.45, 2.75) is 0 Å². The Morgan fingerprint density at radius 2 is 2.00 bits per heavy atom. The number of allylic oxidation sites excluding steroid dienone is 6. The van der Waals surface area contributed by atoms with Crippen LogP contribution in [0.2, 0.25) is 5.02 Å². The summed E-state index contributed by atoms with van der Waals surface area (Å²) in [6.45, 7) is 0. The topological polar surface area (TPSA) is 12.9 Å². The summed E-state index contributed by atoms with van der Waals surface area (Å²) in [6, 6.07) is 10.5. The first-order valence-electron chi connectivity index (χ1n) is 7.17. The monoisotopic (exact) mass is 350 g/mol.